The predicted molar refractivity (Wildman–Crippen MR) is 160 cm³/mol. The maximum absolute atomic E-state index is 13.5. The molecule has 2 rings (SSSR count). The molecule has 1 aliphatic heterocycles. The molecule has 0 aromatic carbocycles. The highest BCUT2D eigenvalue weighted by molar-refractivity contribution is 6.74. The molecule has 1 aromatic rings. The van der Waals surface area contributed by atoms with Gasteiger partial charge in [0.05, 0.1) is 30.3 Å². The molecule has 1 fully saturated rings. The molecule has 3 atom stereocenters. The van der Waals surface area contributed by atoms with E-state index >= 15 is 0 Å². The Kier molecular flexibility index (Phi) is 10.4. The van der Waals surface area contributed by atoms with Crippen LogP contribution in [0, 0.1) is 5.41 Å². The summed E-state index contributed by atoms with van der Waals surface area (Å²) in [6, 6.07) is 0. The summed E-state index contributed by atoms with van der Waals surface area (Å²) in [5, 5.41) is 9.86. The van der Waals surface area contributed by atoms with Gasteiger partial charge in [-0.15, -0.1) is 0 Å². The Morgan fingerprint density at radius 1 is 1.00 bits per heavy atom. The molecule has 0 bridgehead atoms. The standard InChI is InChI=1S/C28H52N2O8Si2/c1-26(2,3)24(33)35-18-30-23(32)19(16-31)15-29(25(30)34)22-14-20(38-40(12,13)28(7,8)9)21(37-22)17-36-39(10,11)27(4,5)6/h15,20-22,31H,14,16-18H2,1-13H3/t20-,21+,22+/m0/s1. The molecule has 0 amide bonds. The highest BCUT2D eigenvalue weighted by atomic mass is 28.4. The van der Waals surface area contributed by atoms with Gasteiger partial charge in [0, 0.05) is 12.6 Å². The van der Waals surface area contributed by atoms with Gasteiger partial charge in [0.25, 0.3) is 5.56 Å². The second kappa shape index (κ2) is 12.0. The fourth-order valence-corrected chi connectivity index (χ4v) is 6.03. The maximum Gasteiger partial charge on any atom is 0.335 e. The number of aromatic nitrogens is 2. The number of rotatable bonds is 9. The van der Waals surface area contributed by atoms with Crippen molar-refractivity contribution in [3.63, 3.8) is 0 Å². The van der Waals surface area contributed by atoms with E-state index in [0.29, 0.717) is 13.0 Å². The molecule has 0 spiro atoms. The molecule has 1 aromatic heterocycles. The number of aliphatic hydroxyl groups excluding tert-OH is 1. The molecule has 2 heterocycles. The van der Waals surface area contributed by atoms with Crippen molar-refractivity contribution in [2.24, 2.45) is 5.41 Å². The third kappa shape index (κ3) is 7.83. The summed E-state index contributed by atoms with van der Waals surface area (Å²) in [4.78, 5) is 38.8. The molecule has 1 aliphatic rings. The first-order valence-corrected chi connectivity index (χ1v) is 19.8. The topological polar surface area (TPSA) is 118 Å². The van der Waals surface area contributed by atoms with Crippen LogP contribution in [-0.4, -0.2) is 55.7 Å². The van der Waals surface area contributed by atoms with Crippen molar-refractivity contribution in [2.45, 2.75) is 137 Å². The van der Waals surface area contributed by atoms with Gasteiger partial charge in [-0.25, -0.2) is 9.36 Å². The van der Waals surface area contributed by atoms with Crippen LogP contribution in [0.15, 0.2) is 15.8 Å². The Balaban J connectivity index is 2.48. The minimum Gasteiger partial charge on any atom is -0.443 e. The van der Waals surface area contributed by atoms with E-state index in [-0.39, 0.29) is 21.7 Å². The molecule has 12 heteroatoms. The van der Waals surface area contributed by atoms with Crippen LogP contribution < -0.4 is 11.2 Å². The van der Waals surface area contributed by atoms with E-state index in [1.807, 2.05) is 0 Å². The van der Waals surface area contributed by atoms with Crippen LogP contribution in [-0.2, 0) is 36.5 Å². The molecule has 1 N–H and O–H groups in total. The smallest absolute Gasteiger partial charge is 0.335 e. The van der Waals surface area contributed by atoms with Crippen molar-refractivity contribution in [3.05, 3.63) is 32.6 Å². The van der Waals surface area contributed by atoms with Gasteiger partial charge in [-0.05, 0) is 57.0 Å². The van der Waals surface area contributed by atoms with Gasteiger partial charge in [-0.3, -0.25) is 14.2 Å². The zero-order valence-corrected chi connectivity index (χ0v) is 28.8. The normalized spacial score (nSPS) is 21.1. The van der Waals surface area contributed by atoms with Crippen molar-refractivity contribution < 1.29 is 28.2 Å². The van der Waals surface area contributed by atoms with E-state index in [1.54, 1.807) is 20.8 Å². The first-order valence-electron chi connectivity index (χ1n) is 14.0. The lowest BCUT2D eigenvalue weighted by Crippen LogP contribution is -2.48. The molecule has 0 saturated carbocycles. The van der Waals surface area contributed by atoms with Gasteiger partial charge in [0.15, 0.2) is 23.4 Å². The first-order chi connectivity index (χ1) is 17.9. The fraction of sp³-hybridized carbons (Fsp3) is 0.821. The van der Waals surface area contributed by atoms with Crippen molar-refractivity contribution >= 4 is 22.6 Å². The summed E-state index contributed by atoms with van der Waals surface area (Å²) < 4.78 is 27.1. The second-order valence-corrected chi connectivity index (χ2v) is 24.5. The number of ether oxygens (including phenoxy) is 2. The van der Waals surface area contributed by atoms with Gasteiger partial charge >= 0.3 is 11.7 Å². The highest BCUT2D eigenvalue weighted by Crippen LogP contribution is 2.42. The third-order valence-electron chi connectivity index (χ3n) is 8.53. The van der Waals surface area contributed by atoms with Crippen molar-refractivity contribution in [1.29, 1.82) is 0 Å². The molecule has 40 heavy (non-hydrogen) atoms. The van der Waals surface area contributed by atoms with Crippen LogP contribution in [0.25, 0.3) is 0 Å². The van der Waals surface area contributed by atoms with E-state index in [4.69, 9.17) is 18.3 Å². The minimum atomic E-state index is -2.21. The number of carbonyl (C=O) groups is 1. The Morgan fingerprint density at radius 2 is 1.55 bits per heavy atom. The summed E-state index contributed by atoms with van der Waals surface area (Å²) in [5.74, 6) is -0.553. The van der Waals surface area contributed by atoms with Crippen molar-refractivity contribution in [2.75, 3.05) is 6.61 Å². The fourth-order valence-electron chi connectivity index (χ4n) is 3.65. The number of nitrogens with zero attached hydrogens (tertiary/aromatic N) is 2. The van der Waals surface area contributed by atoms with Crippen LogP contribution in [0.3, 0.4) is 0 Å². The summed E-state index contributed by atoms with van der Waals surface area (Å²) in [6.45, 7) is 25.9. The molecule has 0 radical (unpaired) electrons. The van der Waals surface area contributed by atoms with Crippen molar-refractivity contribution in [1.82, 2.24) is 9.13 Å². The lowest BCUT2D eigenvalue weighted by molar-refractivity contribution is -0.157. The Hall–Kier alpha value is -1.58. The van der Waals surface area contributed by atoms with Crippen molar-refractivity contribution in [3.8, 4) is 0 Å². The lowest BCUT2D eigenvalue weighted by Gasteiger charge is -2.40. The Bertz CT molecular complexity index is 1170. The van der Waals surface area contributed by atoms with E-state index in [9.17, 15) is 19.5 Å². The van der Waals surface area contributed by atoms with Gasteiger partial charge in [-0.2, -0.15) is 0 Å². The van der Waals surface area contributed by atoms with Crippen LogP contribution in [0.5, 0.6) is 0 Å². The molecular weight excluding hydrogens is 548 g/mol. The SMILES string of the molecule is CC(C)(C)C(=O)OCn1c(=O)c(CO)cn([C@H]2C[C@H](O[Si](C)(C)C(C)(C)C)[C@@H](CO[Si](C)(C)C(C)(C)C)O2)c1=O. The number of hydrogen-bond donors (Lipinski definition) is 1. The number of esters is 1. The second-order valence-electron chi connectivity index (χ2n) is 14.9. The number of aliphatic hydroxyl groups is 1. The zero-order chi connectivity index (χ0) is 31.1. The average Bonchev–Trinajstić information content (AvgIpc) is 3.17. The summed E-state index contributed by atoms with van der Waals surface area (Å²) in [7, 11) is -4.31. The first kappa shape index (κ1) is 34.6. The molecular formula is C28H52N2O8Si2. The number of carbonyl (C=O) groups excluding carboxylic acids is 1. The van der Waals surface area contributed by atoms with Crippen LogP contribution in [0.4, 0.5) is 0 Å². The summed E-state index contributed by atoms with van der Waals surface area (Å²) in [6.07, 6.45) is 0.169. The molecule has 0 aliphatic carbocycles. The molecule has 10 nitrogen and oxygen atoms in total. The van der Waals surface area contributed by atoms with Gasteiger partial charge in [0.2, 0.25) is 0 Å². The van der Waals surface area contributed by atoms with Gasteiger partial charge in [-0.1, -0.05) is 41.5 Å². The van der Waals surface area contributed by atoms with E-state index in [2.05, 4.69) is 67.7 Å². The minimum absolute atomic E-state index is 0.00199. The van der Waals surface area contributed by atoms with E-state index in [1.165, 1.54) is 10.8 Å². The third-order valence-corrected chi connectivity index (χ3v) is 17.5. The monoisotopic (exact) mass is 600 g/mol. The summed E-state index contributed by atoms with van der Waals surface area (Å²) in [5.41, 5.74) is -2.21. The largest absolute Gasteiger partial charge is 0.443 e. The quantitative estimate of drug-likeness (QED) is 0.319. The lowest BCUT2D eigenvalue weighted by atomic mass is 9.98. The zero-order valence-electron chi connectivity index (χ0n) is 26.8. The summed E-state index contributed by atoms with van der Waals surface area (Å²) >= 11 is 0. The average molecular weight is 601 g/mol. The van der Waals surface area contributed by atoms with Crippen LogP contribution >= 0.6 is 0 Å². The highest BCUT2D eigenvalue weighted by Gasteiger charge is 2.47. The Morgan fingerprint density at radius 3 is 2.02 bits per heavy atom. The van der Waals surface area contributed by atoms with Crippen LogP contribution in [0.2, 0.25) is 36.3 Å². The molecule has 0 unspecified atom stereocenters. The molecule has 230 valence electrons. The predicted octanol–water partition coefficient (Wildman–Crippen LogP) is 4.75. The van der Waals surface area contributed by atoms with E-state index < -0.39 is 64.9 Å². The number of hydrogen-bond acceptors (Lipinski definition) is 8. The molecule has 1 saturated heterocycles. The Labute approximate surface area is 241 Å². The van der Waals surface area contributed by atoms with E-state index in [0.717, 1.165) is 4.57 Å². The van der Waals surface area contributed by atoms with Gasteiger partial charge in [0.1, 0.15) is 12.3 Å². The van der Waals surface area contributed by atoms with Crippen LogP contribution in [0.1, 0.15) is 80.5 Å². The maximum atomic E-state index is 13.5. The van der Waals surface area contributed by atoms with Gasteiger partial charge < -0.3 is 23.4 Å².